The fraction of sp³-hybridized carbons (Fsp3) is 1.00. The van der Waals surface area contributed by atoms with Crippen LogP contribution in [0.15, 0.2) is 0 Å². The second-order valence-electron chi connectivity index (χ2n) is 13.3. The molecule has 0 aromatic heterocycles. The van der Waals surface area contributed by atoms with Gasteiger partial charge in [0.15, 0.2) is 0 Å². The van der Waals surface area contributed by atoms with E-state index in [0.29, 0.717) is 21.7 Å². The number of rotatable bonds is 11. The Morgan fingerprint density at radius 1 is 0.615 bits per heavy atom. The van der Waals surface area contributed by atoms with E-state index in [4.69, 9.17) is 0 Å². The number of hydrogen-bond donors (Lipinski definition) is 0. The van der Waals surface area contributed by atoms with Gasteiger partial charge in [-0.3, -0.25) is 0 Å². The minimum Gasteiger partial charge on any atom is -0.0651 e. The zero-order chi connectivity index (χ0) is 20.8. The van der Waals surface area contributed by atoms with Gasteiger partial charge in [0.2, 0.25) is 0 Å². The molecular formula is C26H54. The average Bonchev–Trinajstić information content (AvgIpc) is 2.31. The normalized spacial score (nSPS) is 19.3. The van der Waals surface area contributed by atoms with E-state index >= 15 is 0 Å². The van der Waals surface area contributed by atoms with Crippen LogP contribution < -0.4 is 0 Å². The quantitative estimate of drug-likeness (QED) is 0.341. The van der Waals surface area contributed by atoms with Crippen LogP contribution in [0.1, 0.15) is 134 Å². The zero-order valence-corrected chi connectivity index (χ0v) is 20.8. The molecule has 0 rings (SSSR count). The summed E-state index contributed by atoms with van der Waals surface area (Å²) >= 11 is 0. The maximum absolute atomic E-state index is 2.58. The summed E-state index contributed by atoms with van der Waals surface area (Å²) in [7, 11) is 0. The minimum absolute atomic E-state index is 0.425. The van der Waals surface area contributed by atoms with Crippen molar-refractivity contribution in [3.63, 3.8) is 0 Å². The SMILES string of the molecule is CCC(C)CC(C)(CCCC(C)(CC(C)C)CC(C)(C)C)CC(C)(C)C. The first-order valence-corrected chi connectivity index (χ1v) is 11.5. The van der Waals surface area contributed by atoms with E-state index < -0.39 is 0 Å². The Hall–Kier alpha value is 0. The lowest BCUT2D eigenvalue weighted by Crippen LogP contribution is -2.29. The van der Waals surface area contributed by atoms with Crippen LogP contribution >= 0.6 is 0 Å². The van der Waals surface area contributed by atoms with Crippen LogP contribution in [0.4, 0.5) is 0 Å². The van der Waals surface area contributed by atoms with Crippen molar-refractivity contribution in [2.75, 3.05) is 0 Å². The molecule has 0 saturated heterocycles. The summed E-state index contributed by atoms with van der Waals surface area (Å²) in [6.07, 6.45) is 10.9. The molecule has 0 fully saturated rings. The van der Waals surface area contributed by atoms with Crippen molar-refractivity contribution in [2.24, 2.45) is 33.5 Å². The van der Waals surface area contributed by atoms with Crippen molar-refractivity contribution >= 4 is 0 Å². The van der Waals surface area contributed by atoms with Gasteiger partial charge in [-0.25, -0.2) is 0 Å². The van der Waals surface area contributed by atoms with Gasteiger partial charge in [0.1, 0.15) is 0 Å². The summed E-state index contributed by atoms with van der Waals surface area (Å²) in [6.45, 7) is 29.2. The van der Waals surface area contributed by atoms with Gasteiger partial charge in [0, 0.05) is 0 Å². The monoisotopic (exact) mass is 366 g/mol. The van der Waals surface area contributed by atoms with Crippen LogP contribution in [0.25, 0.3) is 0 Å². The molecule has 0 spiro atoms. The van der Waals surface area contributed by atoms with Crippen LogP contribution in [0.5, 0.6) is 0 Å². The van der Waals surface area contributed by atoms with Crippen LogP contribution in [0, 0.1) is 33.5 Å². The molecule has 0 saturated carbocycles. The fourth-order valence-electron chi connectivity index (χ4n) is 6.00. The molecule has 3 atom stereocenters. The molecule has 0 radical (unpaired) electrons. The Labute approximate surface area is 168 Å². The molecule has 0 heteroatoms. The first kappa shape index (κ1) is 26.0. The lowest BCUT2D eigenvalue weighted by molar-refractivity contribution is 0.109. The van der Waals surface area contributed by atoms with E-state index in [1.807, 2.05) is 0 Å². The summed E-state index contributed by atoms with van der Waals surface area (Å²) in [5, 5.41) is 0. The first-order valence-electron chi connectivity index (χ1n) is 11.5. The Bertz CT molecular complexity index is 378. The van der Waals surface area contributed by atoms with Gasteiger partial charge in [-0.2, -0.15) is 0 Å². The minimum atomic E-state index is 0.425. The summed E-state index contributed by atoms with van der Waals surface area (Å²) in [5.74, 6) is 1.64. The average molecular weight is 367 g/mol. The van der Waals surface area contributed by atoms with Gasteiger partial charge >= 0.3 is 0 Å². The molecule has 0 aliphatic heterocycles. The van der Waals surface area contributed by atoms with Crippen molar-refractivity contribution in [1.82, 2.24) is 0 Å². The van der Waals surface area contributed by atoms with E-state index in [0.717, 1.165) is 11.8 Å². The van der Waals surface area contributed by atoms with E-state index in [-0.39, 0.29) is 0 Å². The molecule has 0 aliphatic rings. The molecule has 0 nitrogen and oxygen atoms in total. The summed E-state index contributed by atoms with van der Waals surface area (Å²) in [4.78, 5) is 0. The number of hydrogen-bond acceptors (Lipinski definition) is 0. The highest BCUT2D eigenvalue weighted by atomic mass is 14.4. The zero-order valence-electron chi connectivity index (χ0n) is 20.8. The van der Waals surface area contributed by atoms with Crippen molar-refractivity contribution in [3.05, 3.63) is 0 Å². The van der Waals surface area contributed by atoms with Crippen molar-refractivity contribution in [2.45, 2.75) is 134 Å². The Balaban J connectivity index is 5.06. The highest BCUT2D eigenvalue weighted by Crippen LogP contribution is 2.46. The molecule has 0 amide bonds. The fourth-order valence-corrected chi connectivity index (χ4v) is 6.00. The largest absolute Gasteiger partial charge is 0.0651 e. The molecule has 0 N–H and O–H groups in total. The van der Waals surface area contributed by atoms with E-state index in [1.54, 1.807) is 0 Å². The third-order valence-corrected chi connectivity index (χ3v) is 5.91. The lowest BCUT2D eigenvalue weighted by Gasteiger charge is -2.41. The smallest absolute Gasteiger partial charge is 0.0318 e. The van der Waals surface area contributed by atoms with E-state index in [1.165, 1.54) is 51.4 Å². The summed E-state index contributed by atoms with van der Waals surface area (Å²) in [5.41, 5.74) is 1.84. The molecule has 0 aliphatic carbocycles. The Kier molecular flexibility index (Phi) is 9.97. The summed E-state index contributed by atoms with van der Waals surface area (Å²) in [6, 6.07) is 0. The maximum atomic E-state index is 2.58. The third kappa shape index (κ3) is 12.4. The molecule has 0 aromatic rings. The lowest BCUT2D eigenvalue weighted by atomic mass is 9.65. The van der Waals surface area contributed by atoms with E-state index in [2.05, 4.69) is 83.1 Å². The van der Waals surface area contributed by atoms with Crippen LogP contribution in [-0.2, 0) is 0 Å². The predicted octanol–water partition coefficient (Wildman–Crippen LogP) is 9.52. The molecule has 0 aromatic carbocycles. The highest BCUT2D eigenvalue weighted by Gasteiger charge is 2.34. The molecule has 0 heterocycles. The Morgan fingerprint density at radius 2 is 1.00 bits per heavy atom. The van der Waals surface area contributed by atoms with Crippen molar-refractivity contribution < 1.29 is 0 Å². The topological polar surface area (TPSA) is 0 Å². The van der Waals surface area contributed by atoms with Gasteiger partial charge in [0.05, 0.1) is 0 Å². The Morgan fingerprint density at radius 3 is 1.31 bits per heavy atom. The molecule has 26 heavy (non-hydrogen) atoms. The van der Waals surface area contributed by atoms with E-state index in [9.17, 15) is 0 Å². The van der Waals surface area contributed by atoms with Gasteiger partial charge in [-0.05, 0) is 72.0 Å². The second kappa shape index (κ2) is 9.97. The van der Waals surface area contributed by atoms with Crippen molar-refractivity contribution in [1.29, 1.82) is 0 Å². The van der Waals surface area contributed by atoms with Crippen LogP contribution in [0.3, 0.4) is 0 Å². The van der Waals surface area contributed by atoms with Crippen molar-refractivity contribution in [3.8, 4) is 0 Å². The maximum Gasteiger partial charge on any atom is -0.0318 e. The van der Waals surface area contributed by atoms with Gasteiger partial charge < -0.3 is 0 Å². The van der Waals surface area contributed by atoms with Gasteiger partial charge in [-0.15, -0.1) is 0 Å². The molecule has 0 bridgehead atoms. The predicted molar refractivity (Wildman–Crippen MR) is 122 cm³/mol. The molecule has 3 unspecified atom stereocenters. The standard InChI is InChI=1S/C26H54/c1-13-22(4)18-26(12,20-24(8,9)10)16-14-15-25(11,17-21(2)3)19-23(5,6)7/h21-22H,13-20H2,1-12H3. The first-order chi connectivity index (χ1) is 11.5. The molecule has 158 valence electrons. The van der Waals surface area contributed by atoms with Crippen LogP contribution in [0.2, 0.25) is 0 Å². The van der Waals surface area contributed by atoms with Crippen LogP contribution in [-0.4, -0.2) is 0 Å². The molecular weight excluding hydrogens is 312 g/mol. The summed E-state index contributed by atoms with van der Waals surface area (Å²) < 4.78 is 0. The third-order valence-electron chi connectivity index (χ3n) is 5.91. The van der Waals surface area contributed by atoms with Gasteiger partial charge in [0.25, 0.3) is 0 Å². The highest BCUT2D eigenvalue weighted by molar-refractivity contribution is 4.85. The van der Waals surface area contributed by atoms with Gasteiger partial charge in [-0.1, -0.05) is 95.9 Å². The second-order valence-corrected chi connectivity index (χ2v) is 13.3.